The van der Waals surface area contributed by atoms with Gasteiger partial charge in [0.1, 0.15) is 11.5 Å². The largest absolute Gasteiger partial charge is 0.508 e. The summed E-state index contributed by atoms with van der Waals surface area (Å²) in [5, 5.41) is 26.0. The minimum absolute atomic E-state index is 0.0939. The second kappa shape index (κ2) is 3.26. The Bertz CT molecular complexity index is 1170. The summed E-state index contributed by atoms with van der Waals surface area (Å²) in [6.07, 6.45) is 7.69. The minimum atomic E-state index is -0.869. The second-order valence-corrected chi connectivity index (χ2v) is 6.48. The first-order chi connectivity index (χ1) is 11.2. The summed E-state index contributed by atoms with van der Waals surface area (Å²) in [6, 6.07) is 11.9. The zero-order chi connectivity index (χ0) is 15.4. The highest BCUT2D eigenvalue weighted by Crippen LogP contribution is 2.65. The average Bonchev–Trinajstić information content (AvgIpc) is 3.27. The highest BCUT2D eigenvalue weighted by Gasteiger charge is 2.73. The van der Waals surface area contributed by atoms with Crippen LogP contribution in [-0.2, 0) is 10.3 Å². The first-order valence-corrected chi connectivity index (χ1v) is 7.66. The Hall–Kier alpha value is -2.78. The van der Waals surface area contributed by atoms with Gasteiger partial charge in [-0.3, -0.25) is 0 Å². The Morgan fingerprint density at radius 1 is 0.826 bits per heavy atom. The van der Waals surface area contributed by atoms with Crippen LogP contribution in [0.5, 0.6) is 5.75 Å². The van der Waals surface area contributed by atoms with E-state index in [4.69, 9.17) is 4.74 Å². The van der Waals surface area contributed by atoms with Crippen molar-refractivity contribution in [2.24, 2.45) is 0 Å². The maximum absolute atomic E-state index is 10.9. The van der Waals surface area contributed by atoms with Crippen molar-refractivity contribution in [2.45, 2.75) is 11.2 Å². The van der Waals surface area contributed by atoms with Crippen LogP contribution >= 0.6 is 0 Å². The van der Waals surface area contributed by atoms with Gasteiger partial charge in [0.05, 0.1) is 5.22 Å². The molecule has 0 saturated carbocycles. The number of allylic oxidation sites excluding steroid dienone is 2. The topological polar surface area (TPSA) is 53.0 Å². The van der Waals surface area contributed by atoms with E-state index in [1.807, 2.05) is 42.5 Å². The van der Waals surface area contributed by atoms with Crippen LogP contribution in [0.15, 0.2) is 60.7 Å². The minimum Gasteiger partial charge on any atom is -0.508 e. The van der Waals surface area contributed by atoms with Crippen LogP contribution in [0.4, 0.5) is 0 Å². The Kier molecular flexibility index (Phi) is 1.67. The molecule has 3 aromatic rings. The molecule has 3 nitrogen and oxygen atoms in total. The quantitative estimate of drug-likeness (QED) is 0.627. The van der Waals surface area contributed by atoms with Crippen molar-refractivity contribution in [1.29, 1.82) is 0 Å². The van der Waals surface area contributed by atoms with E-state index in [2.05, 4.69) is 12.1 Å². The van der Waals surface area contributed by atoms with Crippen LogP contribution in [0.25, 0.3) is 27.3 Å². The summed E-state index contributed by atoms with van der Waals surface area (Å²) in [5.41, 5.74) is -0.513. The Morgan fingerprint density at radius 3 is 2.48 bits per heavy atom. The van der Waals surface area contributed by atoms with Crippen LogP contribution in [-0.4, -0.2) is 15.8 Å². The number of phenols is 1. The van der Waals surface area contributed by atoms with E-state index in [-0.39, 0.29) is 11.5 Å². The van der Waals surface area contributed by atoms with Gasteiger partial charge in [0.2, 0.25) is 0 Å². The highest BCUT2D eigenvalue weighted by atomic mass is 16.6. The van der Waals surface area contributed by atoms with Crippen molar-refractivity contribution in [3.05, 3.63) is 71.5 Å². The van der Waals surface area contributed by atoms with E-state index in [0.29, 0.717) is 5.22 Å². The summed E-state index contributed by atoms with van der Waals surface area (Å²) in [5.74, 6) is 0.192. The SMILES string of the molecule is OC1=c2c(O)cc3cccc4ccc(c2c43)C23C=CC=CC12O3. The summed E-state index contributed by atoms with van der Waals surface area (Å²) in [4.78, 5) is 0. The first kappa shape index (κ1) is 11.7. The van der Waals surface area contributed by atoms with Gasteiger partial charge in [-0.2, -0.15) is 0 Å². The van der Waals surface area contributed by atoms with Crippen LogP contribution in [0.2, 0.25) is 0 Å². The van der Waals surface area contributed by atoms with E-state index in [0.717, 1.165) is 27.1 Å². The first-order valence-electron chi connectivity index (χ1n) is 7.66. The molecule has 3 aliphatic rings. The maximum Gasteiger partial charge on any atom is 0.182 e. The van der Waals surface area contributed by atoms with Crippen LogP contribution in [0.1, 0.15) is 5.56 Å². The van der Waals surface area contributed by atoms with Crippen molar-refractivity contribution in [1.82, 2.24) is 0 Å². The van der Waals surface area contributed by atoms with Gasteiger partial charge in [-0.1, -0.05) is 42.5 Å². The number of hydrogen-bond acceptors (Lipinski definition) is 3. The number of epoxide rings is 1. The van der Waals surface area contributed by atoms with Gasteiger partial charge in [-0.25, -0.2) is 0 Å². The molecule has 1 heterocycles. The Balaban J connectivity index is 1.99. The molecule has 110 valence electrons. The predicted octanol–water partition coefficient (Wildman–Crippen LogP) is 3.19. The van der Waals surface area contributed by atoms with Crippen LogP contribution in [0.3, 0.4) is 0 Å². The number of benzene rings is 3. The molecule has 6 rings (SSSR count). The van der Waals surface area contributed by atoms with Crippen LogP contribution in [0, 0.1) is 0 Å². The molecule has 2 atom stereocenters. The highest BCUT2D eigenvalue weighted by molar-refractivity contribution is 6.14. The van der Waals surface area contributed by atoms with E-state index < -0.39 is 11.2 Å². The monoisotopic (exact) mass is 300 g/mol. The normalized spacial score (nSPS) is 29.8. The van der Waals surface area contributed by atoms with Gasteiger partial charge < -0.3 is 14.9 Å². The molecule has 2 N–H and O–H groups in total. The third-order valence-electron chi connectivity index (χ3n) is 5.47. The fourth-order valence-electron chi connectivity index (χ4n) is 4.44. The van der Waals surface area contributed by atoms with E-state index >= 15 is 0 Å². The molecule has 1 saturated heterocycles. The second-order valence-electron chi connectivity index (χ2n) is 6.48. The lowest BCUT2D eigenvalue weighted by molar-refractivity contribution is 0.309. The van der Waals surface area contributed by atoms with Crippen molar-refractivity contribution < 1.29 is 14.9 Å². The zero-order valence-corrected chi connectivity index (χ0v) is 12.1. The standard InChI is InChI=1S/C20H12O3/c21-14-10-12-5-3-4-11-6-7-13-16(15(11)12)17(14)18(22)20-9-2-1-8-19(13,20)23-20/h1-10,21-22H. The summed E-state index contributed by atoms with van der Waals surface area (Å²) in [6.45, 7) is 0. The van der Waals surface area contributed by atoms with Gasteiger partial charge in [0.25, 0.3) is 0 Å². The summed E-state index contributed by atoms with van der Waals surface area (Å²) >= 11 is 0. The molecule has 2 aliphatic carbocycles. The van der Waals surface area contributed by atoms with E-state index in [1.165, 1.54) is 0 Å². The molecule has 0 amide bonds. The molecule has 0 aromatic heterocycles. The van der Waals surface area contributed by atoms with E-state index in [9.17, 15) is 10.2 Å². The molecular formula is C20H12O3. The predicted molar refractivity (Wildman–Crippen MR) is 88.1 cm³/mol. The van der Waals surface area contributed by atoms with Gasteiger partial charge in [-0.05, 0) is 34.4 Å². The number of aliphatic hydroxyl groups excluding tert-OH is 1. The van der Waals surface area contributed by atoms with Crippen molar-refractivity contribution in [2.75, 3.05) is 0 Å². The number of hydrogen-bond donors (Lipinski definition) is 2. The van der Waals surface area contributed by atoms with Gasteiger partial charge in [0, 0.05) is 10.9 Å². The van der Waals surface area contributed by atoms with Crippen molar-refractivity contribution >= 4 is 27.3 Å². The van der Waals surface area contributed by atoms with Crippen LogP contribution < -0.4 is 5.22 Å². The van der Waals surface area contributed by atoms with Crippen molar-refractivity contribution in [3.8, 4) is 5.75 Å². The maximum atomic E-state index is 10.9. The van der Waals surface area contributed by atoms with Gasteiger partial charge in [-0.15, -0.1) is 0 Å². The lowest BCUT2D eigenvalue weighted by atomic mass is 9.74. The molecule has 0 radical (unpaired) electrons. The number of ether oxygens (including phenoxy) is 1. The van der Waals surface area contributed by atoms with Gasteiger partial charge >= 0.3 is 0 Å². The zero-order valence-electron chi connectivity index (χ0n) is 12.1. The molecule has 0 spiro atoms. The molecule has 0 bridgehead atoms. The molecule has 23 heavy (non-hydrogen) atoms. The average molecular weight is 300 g/mol. The number of phenolic OH excluding ortho intramolecular Hbond substituents is 1. The molecule has 3 heteroatoms. The fraction of sp³-hybridized carbons (Fsp3) is 0.100. The number of aliphatic hydroxyl groups is 1. The Morgan fingerprint density at radius 2 is 1.61 bits per heavy atom. The van der Waals surface area contributed by atoms with E-state index in [1.54, 1.807) is 6.07 Å². The summed E-state index contributed by atoms with van der Waals surface area (Å²) in [7, 11) is 0. The fourth-order valence-corrected chi connectivity index (χ4v) is 4.44. The van der Waals surface area contributed by atoms with Crippen molar-refractivity contribution in [3.63, 3.8) is 0 Å². The third-order valence-corrected chi connectivity index (χ3v) is 5.47. The molecule has 1 fully saturated rings. The Labute approximate surface area is 131 Å². The van der Waals surface area contributed by atoms with Gasteiger partial charge in [0.15, 0.2) is 11.2 Å². The molecule has 1 aliphatic heterocycles. The smallest absolute Gasteiger partial charge is 0.182 e. The third kappa shape index (κ3) is 1.03. The molecular weight excluding hydrogens is 288 g/mol. The lowest BCUT2D eigenvalue weighted by Gasteiger charge is -2.25. The number of rotatable bonds is 0. The summed E-state index contributed by atoms with van der Waals surface area (Å²) < 4.78 is 6.09. The number of aromatic hydroxyl groups is 1. The lowest BCUT2D eigenvalue weighted by Crippen LogP contribution is -2.33. The molecule has 3 aromatic carbocycles. The molecule has 2 unspecified atom stereocenters.